The minimum atomic E-state index is -3.65. The van der Waals surface area contributed by atoms with E-state index in [1.54, 1.807) is 36.4 Å². The lowest BCUT2D eigenvalue weighted by molar-refractivity contribution is -0.137. The molecule has 0 aliphatic rings. The van der Waals surface area contributed by atoms with Crippen molar-refractivity contribution in [2.75, 3.05) is 5.75 Å². The Morgan fingerprint density at radius 1 is 0.861 bits per heavy atom. The molecule has 2 aromatic heterocycles. The molecule has 0 amide bonds. The monoisotopic (exact) mass is 502 g/mol. The topological polar surface area (TPSA) is 89.3 Å². The standard InChI is InChI=1S/C29H30N2O4S/c1-21-8-9-22(2)31(21)28-17-14-24(19-30-28)11-10-23-12-15-27(16-13-23)36(34,35)20-26(18-29(32)33)25-6-4-3-5-7-25/h3-9,12-17,19,26H,10-11,18,20H2,1-2H3,(H,32,33). The van der Waals surface area contributed by atoms with Crippen molar-refractivity contribution < 1.29 is 18.3 Å². The maximum Gasteiger partial charge on any atom is 0.303 e. The summed E-state index contributed by atoms with van der Waals surface area (Å²) in [7, 11) is -3.65. The lowest BCUT2D eigenvalue weighted by Gasteiger charge is -2.16. The first-order chi connectivity index (χ1) is 17.2. The number of carboxylic acid groups (broad SMARTS) is 1. The lowest BCUT2D eigenvalue weighted by atomic mass is 9.98. The summed E-state index contributed by atoms with van der Waals surface area (Å²) in [5, 5.41) is 9.29. The molecular formula is C29H30N2O4S. The van der Waals surface area contributed by atoms with E-state index in [0.717, 1.165) is 41.2 Å². The van der Waals surface area contributed by atoms with Crippen LogP contribution in [0.2, 0.25) is 0 Å². The van der Waals surface area contributed by atoms with Gasteiger partial charge in [0.25, 0.3) is 0 Å². The Hall–Kier alpha value is -3.71. The zero-order valence-electron chi connectivity index (χ0n) is 20.5. The van der Waals surface area contributed by atoms with E-state index in [4.69, 9.17) is 0 Å². The Bertz CT molecular complexity index is 1410. The van der Waals surface area contributed by atoms with Gasteiger partial charge in [-0.05, 0) is 73.7 Å². The van der Waals surface area contributed by atoms with Crippen LogP contribution in [-0.4, -0.2) is 34.8 Å². The fraction of sp³-hybridized carbons (Fsp3) is 0.241. The molecular weight excluding hydrogens is 472 g/mol. The highest BCUT2D eigenvalue weighted by atomic mass is 32.2. The van der Waals surface area contributed by atoms with Gasteiger partial charge in [0, 0.05) is 23.5 Å². The number of aliphatic carboxylic acids is 1. The number of rotatable bonds is 10. The summed E-state index contributed by atoms with van der Waals surface area (Å²) >= 11 is 0. The first-order valence-corrected chi connectivity index (χ1v) is 13.6. The number of carbonyl (C=O) groups is 1. The average molecular weight is 503 g/mol. The number of nitrogens with zero attached hydrogens (tertiary/aromatic N) is 2. The minimum absolute atomic E-state index is 0.209. The third-order valence-corrected chi connectivity index (χ3v) is 8.24. The van der Waals surface area contributed by atoms with E-state index in [1.165, 1.54) is 0 Å². The summed E-state index contributed by atoms with van der Waals surface area (Å²) in [5.74, 6) is -0.982. The number of carboxylic acids is 1. The molecule has 0 spiro atoms. The normalized spacial score (nSPS) is 12.4. The number of aryl methyl sites for hydroxylation is 4. The van der Waals surface area contributed by atoms with Crippen molar-refractivity contribution in [2.24, 2.45) is 0 Å². The van der Waals surface area contributed by atoms with Crippen LogP contribution in [0.4, 0.5) is 0 Å². The van der Waals surface area contributed by atoms with Gasteiger partial charge >= 0.3 is 5.97 Å². The highest BCUT2D eigenvalue weighted by Gasteiger charge is 2.24. The molecule has 1 atom stereocenters. The van der Waals surface area contributed by atoms with Crippen LogP contribution < -0.4 is 0 Å². The van der Waals surface area contributed by atoms with Crippen LogP contribution in [0, 0.1) is 13.8 Å². The molecule has 6 nitrogen and oxygen atoms in total. The van der Waals surface area contributed by atoms with Gasteiger partial charge in [-0.2, -0.15) is 0 Å². The van der Waals surface area contributed by atoms with Crippen LogP contribution in [-0.2, 0) is 27.5 Å². The van der Waals surface area contributed by atoms with Crippen LogP contribution >= 0.6 is 0 Å². The zero-order valence-corrected chi connectivity index (χ0v) is 21.3. The van der Waals surface area contributed by atoms with Crippen LogP contribution in [0.1, 0.15) is 40.4 Å². The van der Waals surface area contributed by atoms with E-state index < -0.39 is 21.7 Å². The molecule has 4 aromatic rings. The lowest BCUT2D eigenvalue weighted by Crippen LogP contribution is -2.18. The van der Waals surface area contributed by atoms with Crippen LogP contribution in [0.3, 0.4) is 0 Å². The van der Waals surface area contributed by atoms with Gasteiger partial charge in [0.05, 0.1) is 17.1 Å². The number of hydrogen-bond acceptors (Lipinski definition) is 4. The predicted octanol–water partition coefficient (Wildman–Crippen LogP) is 5.31. The van der Waals surface area contributed by atoms with Crippen LogP contribution in [0.15, 0.2) is 90.0 Å². The Morgan fingerprint density at radius 2 is 1.47 bits per heavy atom. The number of hydrogen-bond donors (Lipinski definition) is 1. The number of pyridine rings is 1. The van der Waals surface area contributed by atoms with Crippen molar-refractivity contribution in [3.05, 3.63) is 113 Å². The van der Waals surface area contributed by atoms with Crippen LogP contribution in [0.25, 0.3) is 5.82 Å². The van der Waals surface area contributed by atoms with E-state index >= 15 is 0 Å². The summed E-state index contributed by atoms with van der Waals surface area (Å²) in [4.78, 5) is 16.2. The van der Waals surface area contributed by atoms with Crippen LogP contribution in [0.5, 0.6) is 0 Å². The first kappa shape index (κ1) is 25.4. The molecule has 1 unspecified atom stereocenters. The molecule has 0 fully saturated rings. The Balaban J connectivity index is 1.41. The second kappa shape index (κ2) is 10.9. The minimum Gasteiger partial charge on any atom is -0.481 e. The molecule has 0 saturated carbocycles. The summed E-state index contributed by atoms with van der Waals surface area (Å²) < 4.78 is 28.2. The van der Waals surface area contributed by atoms with Gasteiger partial charge in [0.2, 0.25) is 0 Å². The molecule has 36 heavy (non-hydrogen) atoms. The quantitative estimate of drug-likeness (QED) is 0.318. The SMILES string of the molecule is Cc1ccc(C)n1-c1ccc(CCc2ccc(S(=O)(=O)CC(CC(=O)O)c3ccccc3)cc2)cn1. The predicted molar refractivity (Wildman–Crippen MR) is 140 cm³/mol. The maximum absolute atomic E-state index is 13.1. The smallest absolute Gasteiger partial charge is 0.303 e. The number of benzene rings is 2. The van der Waals surface area contributed by atoms with Crippen molar-refractivity contribution in [2.45, 2.75) is 43.9 Å². The summed E-state index contributed by atoms with van der Waals surface area (Å²) in [5.41, 5.74) is 5.13. The molecule has 0 aliphatic carbocycles. The summed E-state index contributed by atoms with van der Waals surface area (Å²) in [6.45, 7) is 4.11. The molecule has 4 rings (SSSR count). The van der Waals surface area contributed by atoms with Gasteiger partial charge in [-0.1, -0.05) is 48.5 Å². The van der Waals surface area contributed by atoms with Crippen molar-refractivity contribution in [1.82, 2.24) is 9.55 Å². The molecule has 2 heterocycles. The van der Waals surface area contributed by atoms with E-state index in [-0.39, 0.29) is 17.1 Å². The summed E-state index contributed by atoms with van der Waals surface area (Å²) in [6.07, 6.45) is 3.20. The Labute approximate surface area is 212 Å². The fourth-order valence-electron chi connectivity index (χ4n) is 4.45. The van der Waals surface area contributed by atoms with E-state index in [1.807, 2.05) is 30.5 Å². The highest BCUT2D eigenvalue weighted by molar-refractivity contribution is 7.91. The molecule has 7 heteroatoms. The van der Waals surface area contributed by atoms with Gasteiger partial charge in [0.15, 0.2) is 9.84 Å². The number of aromatic nitrogens is 2. The zero-order chi connectivity index (χ0) is 25.7. The van der Waals surface area contributed by atoms with E-state index in [0.29, 0.717) is 5.56 Å². The van der Waals surface area contributed by atoms with Gasteiger partial charge in [-0.15, -0.1) is 0 Å². The molecule has 186 valence electrons. The average Bonchev–Trinajstić information content (AvgIpc) is 3.21. The second-order valence-electron chi connectivity index (χ2n) is 9.11. The van der Waals surface area contributed by atoms with Crippen molar-refractivity contribution in [1.29, 1.82) is 0 Å². The highest BCUT2D eigenvalue weighted by Crippen LogP contribution is 2.25. The third kappa shape index (κ3) is 6.10. The van der Waals surface area contributed by atoms with Crippen molar-refractivity contribution >= 4 is 15.8 Å². The van der Waals surface area contributed by atoms with E-state index in [9.17, 15) is 18.3 Å². The first-order valence-electron chi connectivity index (χ1n) is 11.9. The van der Waals surface area contributed by atoms with Crippen molar-refractivity contribution in [3.8, 4) is 5.82 Å². The van der Waals surface area contributed by atoms with Crippen molar-refractivity contribution in [3.63, 3.8) is 0 Å². The van der Waals surface area contributed by atoms with Gasteiger partial charge < -0.3 is 9.67 Å². The molecule has 0 saturated heterocycles. The Kier molecular flexibility index (Phi) is 7.70. The Morgan fingerprint density at radius 3 is 2.06 bits per heavy atom. The summed E-state index contributed by atoms with van der Waals surface area (Å²) in [6, 6.07) is 24.1. The van der Waals surface area contributed by atoms with Gasteiger partial charge in [-0.25, -0.2) is 13.4 Å². The third-order valence-electron chi connectivity index (χ3n) is 6.41. The fourth-order valence-corrected chi connectivity index (χ4v) is 6.03. The molecule has 1 N–H and O–H groups in total. The van der Waals surface area contributed by atoms with Gasteiger partial charge in [0.1, 0.15) is 5.82 Å². The molecule has 0 radical (unpaired) electrons. The second-order valence-corrected chi connectivity index (χ2v) is 11.1. The molecule has 0 bridgehead atoms. The molecule has 2 aromatic carbocycles. The van der Waals surface area contributed by atoms with Gasteiger partial charge in [-0.3, -0.25) is 4.79 Å². The van der Waals surface area contributed by atoms with E-state index in [2.05, 4.69) is 41.6 Å². The molecule has 0 aliphatic heterocycles. The maximum atomic E-state index is 13.1. The number of sulfone groups is 1. The largest absolute Gasteiger partial charge is 0.481 e.